The zero-order chi connectivity index (χ0) is 29.3. The van der Waals surface area contributed by atoms with E-state index in [2.05, 4.69) is 119 Å². The zero-order valence-electron chi connectivity index (χ0n) is 23.8. The van der Waals surface area contributed by atoms with Gasteiger partial charge in [0.1, 0.15) is 0 Å². The summed E-state index contributed by atoms with van der Waals surface area (Å²) in [5.74, 6) is 0.671. The van der Waals surface area contributed by atoms with Gasteiger partial charge in [0, 0.05) is 41.5 Å². The average molecular weight is 563 g/mol. The van der Waals surface area contributed by atoms with Crippen LogP contribution in [0.25, 0.3) is 77.7 Å². The van der Waals surface area contributed by atoms with Gasteiger partial charge in [-0.05, 0) is 92.3 Å². The van der Waals surface area contributed by atoms with E-state index in [0.717, 1.165) is 61.1 Å². The summed E-state index contributed by atoms with van der Waals surface area (Å²) in [6.07, 6.45) is 7.30. The highest BCUT2D eigenvalue weighted by Crippen LogP contribution is 2.36. The number of fused-ring (bicyclic) bond motifs is 2. The van der Waals surface area contributed by atoms with E-state index in [1.165, 1.54) is 10.8 Å². The number of nitrogens with zero attached hydrogens (tertiary/aromatic N) is 4. The molecule has 0 saturated heterocycles. The van der Waals surface area contributed by atoms with E-state index in [1.807, 2.05) is 49.1 Å². The van der Waals surface area contributed by atoms with Crippen LogP contribution in [-0.2, 0) is 0 Å². The van der Waals surface area contributed by atoms with E-state index >= 15 is 0 Å². The lowest BCUT2D eigenvalue weighted by Gasteiger charge is -2.14. The van der Waals surface area contributed by atoms with Crippen LogP contribution < -0.4 is 0 Å². The van der Waals surface area contributed by atoms with Gasteiger partial charge in [0.15, 0.2) is 5.82 Å². The summed E-state index contributed by atoms with van der Waals surface area (Å²) in [6, 6.07) is 46.5. The number of pyridine rings is 2. The Balaban J connectivity index is 1.41. The summed E-state index contributed by atoms with van der Waals surface area (Å²) >= 11 is 0. The molecule has 8 rings (SSSR count). The maximum atomic E-state index is 5.26. The first-order chi connectivity index (χ1) is 21.8. The molecule has 0 N–H and O–H groups in total. The van der Waals surface area contributed by atoms with Gasteiger partial charge in [-0.2, -0.15) is 0 Å². The largest absolute Gasteiger partial charge is 0.265 e. The van der Waals surface area contributed by atoms with Gasteiger partial charge in [-0.3, -0.25) is 9.97 Å². The fourth-order valence-corrected chi connectivity index (χ4v) is 5.93. The van der Waals surface area contributed by atoms with Crippen molar-refractivity contribution in [3.63, 3.8) is 0 Å². The standard InChI is InChI=1S/C40H26N4/c1-3-11-34-29(7-1)9-5-13-36(34)38-26-39(37-14-6-10-30-8-2-4-12-35(30)37)44-40(43-38)33-24-31(27-15-19-41-20-16-27)23-32(25-33)28-17-21-42-22-18-28/h1-26H. The number of hydrogen-bond acceptors (Lipinski definition) is 4. The molecule has 0 fully saturated rings. The van der Waals surface area contributed by atoms with Crippen LogP contribution in [0.1, 0.15) is 0 Å². The molecule has 0 spiro atoms. The van der Waals surface area contributed by atoms with Crippen molar-refractivity contribution in [2.75, 3.05) is 0 Å². The summed E-state index contributed by atoms with van der Waals surface area (Å²) in [4.78, 5) is 19.0. The Hall–Kier alpha value is -6.00. The number of benzene rings is 5. The van der Waals surface area contributed by atoms with Crippen molar-refractivity contribution in [1.82, 2.24) is 19.9 Å². The Kier molecular flexibility index (Phi) is 6.43. The van der Waals surface area contributed by atoms with Crippen molar-refractivity contribution in [2.45, 2.75) is 0 Å². The predicted molar refractivity (Wildman–Crippen MR) is 180 cm³/mol. The summed E-state index contributed by atoms with van der Waals surface area (Å²) in [5, 5.41) is 4.67. The maximum absolute atomic E-state index is 5.26. The third-order valence-corrected chi connectivity index (χ3v) is 8.08. The smallest absolute Gasteiger partial charge is 0.160 e. The lowest BCUT2D eigenvalue weighted by Crippen LogP contribution is -1.98. The fraction of sp³-hybridized carbons (Fsp3) is 0. The highest BCUT2D eigenvalue weighted by molar-refractivity contribution is 5.99. The van der Waals surface area contributed by atoms with Crippen LogP contribution in [0.5, 0.6) is 0 Å². The molecule has 3 heterocycles. The van der Waals surface area contributed by atoms with E-state index in [1.54, 1.807) is 0 Å². The molecular weight excluding hydrogens is 536 g/mol. The Bertz CT molecular complexity index is 2110. The van der Waals surface area contributed by atoms with Crippen molar-refractivity contribution in [3.8, 4) is 56.2 Å². The Morgan fingerprint density at radius 1 is 0.341 bits per heavy atom. The van der Waals surface area contributed by atoms with Gasteiger partial charge < -0.3 is 0 Å². The highest BCUT2D eigenvalue weighted by Gasteiger charge is 2.16. The molecule has 0 radical (unpaired) electrons. The molecule has 8 aromatic rings. The monoisotopic (exact) mass is 562 g/mol. The molecule has 3 aromatic heterocycles. The van der Waals surface area contributed by atoms with E-state index in [0.29, 0.717) is 5.82 Å². The number of hydrogen-bond donors (Lipinski definition) is 0. The first-order valence-corrected chi connectivity index (χ1v) is 14.6. The van der Waals surface area contributed by atoms with Crippen LogP contribution in [0, 0.1) is 0 Å². The van der Waals surface area contributed by atoms with E-state index in [9.17, 15) is 0 Å². The number of rotatable bonds is 5. The molecule has 0 saturated carbocycles. The molecule has 0 bridgehead atoms. The SMILES string of the molecule is c1ccc2c(-c3cc(-c4cccc5ccccc45)nc(-c4cc(-c5ccncc5)cc(-c5ccncc5)c4)n3)cccc2c1. The quantitative estimate of drug-likeness (QED) is 0.209. The van der Waals surface area contributed by atoms with Crippen molar-refractivity contribution in [3.05, 3.63) is 158 Å². The molecule has 0 unspecified atom stereocenters. The first kappa shape index (κ1) is 25.7. The van der Waals surface area contributed by atoms with Gasteiger partial charge >= 0.3 is 0 Å². The molecule has 44 heavy (non-hydrogen) atoms. The van der Waals surface area contributed by atoms with Crippen LogP contribution in [0.4, 0.5) is 0 Å². The van der Waals surface area contributed by atoms with Crippen molar-refractivity contribution in [2.24, 2.45) is 0 Å². The van der Waals surface area contributed by atoms with Gasteiger partial charge in [0.25, 0.3) is 0 Å². The summed E-state index contributed by atoms with van der Waals surface area (Å²) < 4.78 is 0. The molecule has 0 atom stereocenters. The average Bonchev–Trinajstić information content (AvgIpc) is 3.11. The molecule has 0 aliphatic rings. The van der Waals surface area contributed by atoms with Crippen LogP contribution in [-0.4, -0.2) is 19.9 Å². The third kappa shape index (κ3) is 4.79. The van der Waals surface area contributed by atoms with Crippen LogP contribution >= 0.6 is 0 Å². The van der Waals surface area contributed by atoms with Crippen LogP contribution in [0.3, 0.4) is 0 Å². The van der Waals surface area contributed by atoms with E-state index in [4.69, 9.17) is 9.97 Å². The second-order valence-corrected chi connectivity index (χ2v) is 10.8. The van der Waals surface area contributed by atoms with Gasteiger partial charge in [-0.25, -0.2) is 9.97 Å². The Morgan fingerprint density at radius 2 is 0.773 bits per heavy atom. The normalized spacial score (nSPS) is 11.2. The third-order valence-electron chi connectivity index (χ3n) is 8.08. The molecular formula is C40H26N4. The molecule has 206 valence electrons. The highest BCUT2D eigenvalue weighted by atomic mass is 14.9. The van der Waals surface area contributed by atoms with Gasteiger partial charge in [0.2, 0.25) is 0 Å². The minimum absolute atomic E-state index is 0.671. The lowest BCUT2D eigenvalue weighted by atomic mass is 9.96. The molecule has 0 aliphatic heterocycles. The summed E-state index contributed by atoms with van der Waals surface area (Å²) in [5.41, 5.74) is 9.16. The first-order valence-electron chi connectivity index (χ1n) is 14.6. The van der Waals surface area contributed by atoms with Crippen molar-refractivity contribution < 1.29 is 0 Å². The second kappa shape index (κ2) is 11.0. The van der Waals surface area contributed by atoms with E-state index in [-0.39, 0.29) is 0 Å². The van der Waals surface area contributed by atoms with Gasteiger partial charge in [0.05, 0.1) is 11.4 Å². The molecule has 0 amide bonds. The fourth-order valence-electron chi connectivity index (χ4n) is 5.93. The van der Waals surface area contributed by atoms with Crippen LogP contribution in [0.2, 0.25) is 0 Å². The second-order valence-electron chi connectivity index (χ2n) is 10.8. The van der Waals surface area contributed by atoms with Crippen LogP contribution in [0.15, 0.2) is 158 Å². The van der Waals surface area contributed by atoms with Gasteiger partial charge in [-0.15, -0.1) is 0 Å². The molecule has 4 heteroatoms. The summed E-state index contributed by atoms with van der Waals surface area (Å²) in [7, 11) is 0. The Morgan fingerprint density at radius 3 is 1.27 bits per heavy atom. The minimum atomic E-state index is 0.671. The predicted octanol–water partition coefficient (Wildman–Crippen LogP) is 9.91. The lowest BCUT2D eigenvalue weighted by molar-refractivity contribution is 1.19. The van der Waals surface area contributed by atoms with Gasteiger partial charge in [-0.1, -0.05) is 84.9 Å². The van der Waals surface area contributed by atoms with E-state index < -0.39 is 0 Å². The Labute approximate surface area is 255 Å². The number of aromatic nitrogens is 4. The summed E-state index contributed by atoms with van der Waals surface area (Å²) in [6.45, 7) is 0. The van der Waals surface area contributed by atoms with Crippen molar-refractivity contribution >= 4 is 21.5 Å². The molecule has 5 aromatic carbocycles. The molecule has 0 aliphatic carbocycles. The minimum Gasteiger partial charge on any atom is -0.265 e. The maximum Gasteiger partial charge on any atom is 0.160 e. The molecule has 4 nitrogen and oxygen atoms in total. The topological polar surface area (TPSA) is 51.6 Å². The van der Waals surface area contributed by atoms with Crippen molar-refractivity contribution in [1.29, 1.82) is 0 Å². The zero-order valence-corrected chi connectivity index (χ0v) is 23.8.